The maximum Gasteiger partial charge on any atom is 0.345 e. The van der Waals surface area contributed by atoms with Gasteiger partial charge in [0.2, 0.25) is 0 Å². The summed E-state index contributed by atoms with van der Waals surface area (Å²) in [6.45, 7) is 2.38. The molecule has 0 aromatic heterocycles. The van der Waals surface area contributed by atoms with E-state index in [-0.39, 0.29) is 22.9 Å². The summed E-state index contributed by atoms with van der Waals surface area (Å²) in [6.07, 6.45) is 1.44. The van der Waals surface area contributed by atoms with Gasteiger partial charge < -0.3 is 14.2 Å². The average molecular weight is 632 g/mol. The molecule has 0 spiro atoms. The van der Waals surface area contributed by atoms with Crippen LogP contribution in [0.3, 0.4) is 0 Å². The van der Waals surface area contributed by atoms with Crippen LogP contribution in [0.15, 0.2) is 84.0 Å². The Kier molecular flexibility index (Phi) is 10.5. The molecule has 1 amide bonds. The van der Waals surface area contributed by atoms with E-state index < -0.39 is 11.9 Å². The third kappa shape index (κ3) is 8.38. The monoisotopic (exact) mass is 630 g/mol. The molecule has 0 fully saturated rings. The smallest absolute Gasteiger partial charge is 0.345 e. The third-order valence-corrected chi connectivity index (χ3v) is 6.66. The fourth-order valence-electron chi connectivity index (χ4n) is 3.50. The number of hydrazone groups is 1. The molecule has 0 aliphatic rings. The van der Waals surface area contributed by atoms with Gasteiger partial charge in [-0.2, -0.15) is 5.10 Å². The molecule has 11 heteroatoms. The number of halogens is 4. The number of nitrogens with one attached hydrogen (secondary N) is 1. The molecule has 0 saturated carbocycles. The summed E-state index contributed by atoms with van der Waals surface area (Å²) in [7, 11) is 0. The molecule has 0 aliphatic carbocycles. The van der Waals surface area contributed by atoms with Gasteiger partial charge in [0.05, 0.1) is 23.4 Å². The highest BCUT2D eigenvalue weighted by atomic mass is 35.5. The van der Waals surface area contributed by atoms with E-state index in [4.69, 9.17) is 60.6 Å². The van der Waals surface area contributed by atoms with Crippen LogP contribution in [0.4, 0.5) is 0 Å². The number of benzene rings is 4. The summed E-state index contributed by atoms with van der Waals surface area (Å²) in [5.74, 6) is 0.00972. The Bertz CT molecular complexity index is 1590. The fourth-order valence-corrected chi connectivity index (χ4v) is 4.45. The molecule has 4 aromatic rings. The van der Waals surface area contributed by atoms with Crippen molar-refractivity contribution in [2.45, 2.75) is 13.5 Å². The van der Waals surface area contributed by atoms with Crippen molar-refractivity contribution < 1.29 is 23.8 Å². The standard InChI is InChI=1S/C30H22Cl4N2O5/c1-2-39-28-13-18(3-12-27(28)41-30(38)24-11-8-22(32)15-26(24)34)16-35-36-29(37)19-5-9-23(10-6-19)40-17-20-4-7-21(31)14-25(20)33/h3-16H,2,17H2,1H3,(H,36,37)/b35-16+. The minimum atomic E-state index is -0.661. The second kappa shape index (κ2) is 14.2. The van der Waals surface area contributed by atoms with Crippen LogP contribution >= 0.6 is 46.4 Å². The quantitative estimate of drug-likeness (QED) is 0.0824. The van der Waals surface area contributed by atoms with Crippen molar-refractivity contribution in [3.8, 4) is 17.2 Å². The summed E-state index contributed by atoms with van der Waals surface area (Å²) in [5.41, 5.74) is 4.42. The normalized spacial score (nSPS) is 10.9. The van der Waals surface area contributed by atoms with Gasteiger partial charge in [0, 0.05) is 26.2 Å². The molecule has 7 nitrogen and oxygen atoms in total. The first kappa shape index (κ1) is 30.2. The SMILES string of the molecule is CCOc1cc(/C=N/NC(=O)c2ccc(OCc3ccc(Cl)cc3Cl)cc2)ccc1OC(=O)c1ccc(Cl)cc1Cl. The predicted molar refractivity (Wildman–Crippen MR) is 161 cm³/mol. The van der Waals surface area contributed by atoms with Crippen LogP contribution in [0.1, 0.15) is 38.8 Å². The van der Waals surface area contributed by atoms with E-state index in [0.29, 0.717) is 44.3 Å². The number of hydrogen-bond acceptors (Lipinski definition) is 6. The number of hydrogen-bond donors (Lipinski definition) is 1. The fraction of sp³-hybridized carbons (Fsp3) is 0.100. The molecule has 1 N–H and O–H groups in total. The van der Waals surface area contributed by atoms with Gasteiger partial charge in [0.1, 0.15) is 12.4 Å². The van der Waals surface area contributed by atoms with Crippen LogP contribution in [0.2, 0.25) is 20.1 Å². The number of amides is 1. The molecule has 4 rings (SSSR count). The lowest BCUT2D eigenvalue weighted by atomic mass is 10.2. The summed E-state index contributed by atoms with van der Waals surface area (Å²) >= 11 is 24.1. The van der Waals surface area contributed by atoms with E-state index in [1.807, 2.05) is 0 Å². The zero-order valence-corrected chi connectivity index (χ0v) is 24.5. The van der Waals surface area contributed by atoms with Crippen molar-refractivity contribution in [3.63, 3.8) is 0 Å². The van der Waals surface area contributed by atoms with E-state index in [2.05, 4.69) is 10.5 Å². The Labute approximate surface area is 256 Å². The second-order valence-corrected chi connectivity index (χ2v) is 10.1. The Morgan fingerprint density at radius 3 is 2.20 bits per heavy atom. The Morgan fingerprint density at radius 2 is 1.51 bits per heavy atom. The molecule has 0 aliphatic heterocycles. The summed E-state index contributed by atoms with van der Waals surface area (Å²) < 4.78 is 16.9. The lowest BCUT2D eigenvalue weighted by Crippen LogP contribution is -2.17. The van der Waals surface area contributed by atoms with Crippen molar-refractivity contribution in [3.05, 3.63) is 121 Å². The first-order valence-electron chi connectivity index (χ1n) is 12.2. The molecule has 0 atom stereocenters. The molecule has 0 radical (unpaired) electrons. The lowest BCUT2D eigenvalue weighted by molar-refractivity contribution is 0.0728. The topological polar surface area (TPSA) is 86.2 Å². The number of carbonyl (C=O) groups is 2. The third-order valence-electron chi connectivity index (χ3n) is 5.53. The first-order chi connectivity index (χ1) is 19.7. The van der Waals surface area contributed by atoms with Crippen molar-refractivity contribution in [2.75, 3.05) is 6.61 Å². The van der Waals surface area contributed by atoms with Gasteiger partial charge in [-0.25, -0.2) is 10.2 Å². The Hall–Kier alpha value is -3.75. The predicted octanol–water partition coefficient (Wildman–Crippen LogP) is 8.26. The van der Waals surface area contributed by atoms with E-state index >= 15 is 0 Å². The highest BCUT2D eigenvalue weighted by Crippen LogP contribution is 2.30. The van der Waals surface area contributed by atoms with Gasteiger partial charge in [-0.1, -0.05) is 52.5 Å². The minimum absolute atomic E-state index is 0.164. The van der Waals surface area contributed by atoms with Crippen molar-refractivity contribution in [2.24, 2.45) is 5.10 Å². The number of carbonyl (C=O) groups excluding carboxylic acids is 2. The van der Waals surface area contributed by atoms with Gasteiger partial charge in [0.15, 0.2) is 11.5 Å². The minimum Gasteiger partial charge on any atom is -0.490 e. The van der Waals surface area contributed by atoms with Crippen LogP contribution < -0.4 is 19.6 Å². The van der Waals surface area contributed by atoms with Crippen molar-refractivity contribution >= 4 is 64.5 Å². The van der Waals surface area contributed by atoms with E-state index in [9.17, 15) is 9.59 Å². The number of nitrogens with zero attached hydrogens (tertiary/aromatic N) is 1. The molecule has 210 valence electrons. The molecular formula is C30H22Cl4N2O5. The average Bonchev–Trinajstić information content (AvgIpc) is 2.94. The van der Waals surface area contributed by atoms with Crippen LogP contribution in [-0.2, 0) is 6.61 Å². The van der Waals surface area contributed by atoms with Gasteiger partial charge in [0.25, 0.3) is 5.91 Å². The van der Waals surface area contributed by atoms with E-state index in [1.165, 1.54) is 18.3 Å². The van der Waals surface area contributed by atoms with E-state index in [0.717, 1.165) is 5.56 Å². The zero-order chi connectivity index (χ0) is 29.4. The number of ether oxygens (including phenoxy) is 3. The Morgan fingerprint density at radius 1 is 0.805 bits per heavy atom. The lowest BCUT2D eigenvalue weighted by Gasteiger charge is -2.12. The molecule has 0 saturated heterocycles. The summed E-state index contributed by atoms with van der Waals surface area (Å²) in [6, 6.07) is 21.1. The summed E-state index contributed by atoms with van der Waals surface area (Å²) in [5, 5.41) is 5.65. The van der Waals surface area contributed by atoms with Crippen molar-refractivity contribution in [1.82, 2.24) is 5.43 Å². The molecular weight excluding hydrogens is 610 g/mol. The van der Waals surface area contributed by atoms with Gasteiger partial charge in [-0.15, -0.1) is 0 Å². The van der Waals surface area contributed by atoms with Crippen LogP contribution in [0, 0.1) is 0 Å². The molecule has 0 heterocycles. The zero-order valence-electron chi connectivity index (χ0n) is 21.5. The first-order valence-corrected chi connectivity index (χ1v) is 13.7. The van der Waals surface area contributed by atoms with Crippen LogP contribution in [0.5, 0.6) is 17.2 Å². The molecule has 0 unspecified atom stereocenters. The summed E-state index contributed by atoms with van der Waals surface area (Å²) in [4.78, 5) is 25.2. The Balaban J connectivity index is 1.35. The second-order valence-electron chi connectivity index (χ2n) is 8.40. The largest absolute Gasteiger partial charge is 0.490 e. The molecule has 4 aromatic carbocycles. The molecule has 0 bridgehead atoms. The number of rotatable bonds is 10. The van der Waals surface area contributed by atoms with Gasteiger partial charge in [-0.3, -0.25) is 4.79 Å². The maximum atomic E-state index is 12.6. The molecule has 41 heavy (non-hydrogen) atoms. The van der Waals surface area contributed by atoms with Crippen LogP contribution in [-0.4, -0.2) is 24.7 Å². The van der Waals surface area contributed by atoms with Gasteiger partial charge >= 0.3 is 5.97 Å². The van der Waals surface area contributed by atoms with Gasteiger partial charge in [-0.05, 0) is 85.3 Å². The van der Waals surface area contributed by atoms with Crippen molar-refractivity contribution in [1.29, 1.82) is 0 Å². The van der Waals surface area contributed by atoms with Crippen LogP contribution in [0.25, 0.3) is 0 Å². The highest BCUT2D eigenvalue weighted by molar-refractivity contribution is 6.36. The van der Waals surface area contributed by atoms with E-state index in [1.54, 1.807) is 73.7 Å². The maximum absolute atomic E-state index is 12.6. The number of esters is 1. The highest BCUT2D eigenvalue weighted by Gasteiger charge is 2.16.